The molecule has 1 atom stereocenters. The molecule has 0 bridgehead atoms. The van der Waals surface area contributed by atoms with E-state index in [4.69, 9.17) is 23.2 Å². The number of hydrogen-bond acceptors (Lipinski definition) is 5. The molecule has 176 valence electrons. The molecule has 0 fully saturated rings. The smallest absolute Gasteiger partial charge is 0.452 e. The molecule has 4 rings (SSSR count). The summed E-state index contributed by atoms with van der Waals surface area (Å²) >= 11 is 13.9. The van der Waals surface area contributed by atoms with Gasteiger partial charge < -0.3 is 4.74 Å². The van der Waals surface area contributed by atoms with Crippen molar-refractivity contribution in [3.05, 3.63) is 75.3 Å². The van der Waals surface area contributed by atoms with E-state index in [2.05, 4.69) is 14.9 Å². The first kappa shape index (κ1) is 25.4. The third-order valence-corrected chi connectivity index (χ3v) is 6.31. The van der Waals surface area contributed by atoms with Crippen LogP contribution in [0.25, 0.3) is 5.69 Å². The van der Waals surface area contributed by atoms with Crippen LogP contribution in [0.5, 0.6) is 0 Å². The Balaban J connectivity index is 0.000000383. The van der Waals surface area contributed by atoms with Gasteiger partial charge in [-0.05, 0) is 49.2 Å². The molecule has 11 heteroatoms. The molecule has 0 spiro atoms. The largest absolute Gasteiger partial charge is 0.463 e. The van der Waals surface area contributed by atoms with Crippen molar-refractivity contribution >= 4 is 40.9 Å². The van der Waals surface area contributed by atoms with E-state index in [9.17, 15) is 18.0 Å². The molecule has 0 radical (unpaired) electrons. The van der Waals surface area contributed by atoms with Gasteiger partial charge >= 0.3 is 12.1 Å². The van der Waals surface area contributed by atoms with E-state index in [1.54, 1.807) is 24.3 Å². The zero-order valence-electron chi connectivity index (χ0n) is 17.9. The van der Waals surface area contributed by atoms with Gasteiger partial charge in [-0.3, -0.25) is 9.36 Å². The summed E-state index contributed by atoms with van der Waals surface area (Å²) in [7, 11) is 0. The topological polar surface area (TPSA) is 57.0 Å². The van der Waals surface area contributed by atoms with Gasteiger partial charge in [-0.25, -0.2) is 0 Å². The minimum Gasteiger partial charge on any atom is -0.463 e. The number of fused-ring (bicyclic) bond motifs is 3. The van der Waals surface area contributed by atoms with Crippen LogP contribution in [0.4, 0.5) is 13.2 Å². The predicted molar refractivity (Wildman–Crippen MR) is 123 cm³/mol. The van der Waals surface area contributed by atoms with Gasteiger partial charge in [0.05, 0.1) is 22.8 Å². The zero-order valence-corrected chi connectivity index (χ0v) is 20.2. The Morgan fingerprint density at radius 3 is 2.42 bits per heavy atom. The van der Waals surface area contributed by atoms with E-state index in [1.807, 2.05) is 32.0 Å². The van der Waals surface area contributed by atoms with Crippen molar-refractivity contribution in [3.63, 3.8) is 0 Å². The molecule has 0 N–H and O–H groups in total. The second-order valence-electron chi connectivity index (χ2n) is 7.35. The summed E-state index contributed by atoms with van der Waals surface area (Å²) in [4.78, 5) is 10.0. The quantitative estimate of drug-likeness (QED) is 0.346. The van der Waals surface area contributed by atoms with Crippen LogP contribution in [0.1, 0.15) is 48.8 Å². The fraction of sp³-hybridized carbons (Fsp3) is 0.318. The van der Waals surface area contributed by atoms with Gasteiger partial charge in [-0.15, -0.1) is 22.0 Å². The second kappa shape index (κ2) is 10.4. The first-order valence-corrected chi connectivity index (χ1v) is 11.6. The van der Waals surface area contributed by atoms with E-state index in [0.29, 0.717) is 21.3 Å². The average Bonchev–Trinajstić information content (AvgIpc) is 3.07. The van der Waals surface area contributed by atoms with Gasteiger partial charge in [0, 0.05) is 17.0 Å². The molecule has 1 aliphatic heterocycles. The van der Waals surface area contributed by atoms with E-state index >= 15 is 0 Å². The Labute approximate surface area is 203 Å². The van der Waals surface area contributed by atoms with Crippen LogP contribution >= 0.6 is 35.0 Å². The molecule has 0 saturated heterocycles. The van der Waals surface area contributed by atoms with E-state index in [-0.39, 0.29) is 28.9 Å². The highest BCUT2D eigenvalue weighted by Crippen LogP contribution is 2.47. The summed E-state index contributed by atoms with van der Waals surface area (Å²) in [6.07, 6.45) is -4.59. The number of alkyl halides is 3. The molecule has 33 heavy (non-hydrogen) atoms. The summed E-state index contributed by atoms with van der Waals surface area (Å²) in [5, 5.41) is 7.83. The molecular weight excluding hydrogens is 498 g/mol. The maximum absolute atomic E-state index is 13.4. The highest BCUT2D eigenvalue weighted by Gasteiger charge is 2.40. The lowest BCUT2D eigenvalue weighted by Gasteiger charge is -2.20. The molecule has 0 amide bonds. The van der Waals surface area contributed by atoms with Gasteiger partial charge in [0.15, 0.2) is 0 Å². The van der Waals surface area contributed by atoms with E-state index < -0.39 is 12.0 Å². The number of esters is 1. The number of thioether (sulfide) groups is 1. The summed E-state index contributed by atoms with van der Waals surface area (Å²) in [5.41, 5.74) is 1.81. The first-order chi connectivity index (χ1) is 15.5. The fourth-order valence-corrected chi connectivity index (χ4v) is 5.06. The Kier molecular flexibility index (Phi) is 7.97. The maximum atomic E-state index is 13.4. The molecule has 5 nitrogen and oxygen atoms in total. The first-order valence-electron chi connectivity index (χ1n) is 9.83. The number of nitrogens with zero attached hydrogens (tertiary/aromatic N) is 3. The van der Waals surface area contributed by atoms with Crippen molar-refractivity contribution in [3.8, 4) is 5.69 Å². The molecule has 0 unspecified atom stereocenters. The Morgan fingerprint density at radius 1 is 1.15 bits per heavy atom. The molecule has 2 heterocycles. The monoisotopic (exact) mass is 517 g/mol. The molecule has 1 aromatic heterocycles. The minimum atomic E-state index is -4.61. The van der Waals surface area contributed by atoms with Crippen molar-refractivity contribution in [1.82, 2.24) is 14.8 Å². The van der Waals surface area contributed by atoms with Crippen LogP contribution in [0, 0.1) is 0 Å². The molecule has 0 aliphatic carbocycles. The van der Waals surface area contributed by atoms with Crippen molar-refractivity contribution in [2.45, 2.75) is 44.1 Å². The van der Waals surface area contributed by atoms with Crippen molar-refractivity contribution in [2.75, 3.05) is 0 Å². The van der Waals surface area contributed by atoms with E-state index in [1.165, 1.54) is 18.7 Å². The molecule has 3 aromatic rings. The minimum absolute atomic E-state index is 0.0255. The number of carbonyl (C=O) groups excluding carboxylic acids is 1. The number of carbonyl (C=O) groups is 1. The Morgan fingerprint density at radius 2 is 1.85 bits per heavy atom. The normalized spacial score (nSPS) is 15.1. The summed E-state index contributed by atoms with van der Waals surface area (Å²) < 4.78 is 45.9. The van der Waals surface area contributed by atoms with Crippen LogP contribution < -0.4 is 0 Å². The summed E-state index contributed by atoms with van der Waals surface area (Å²) in [6.45, 7) is 5.04. The molecular formula is C22H20Cl2F3N3O2S. The third-order valence-electron chi connectivity index (χ3n) is 4.47. The van der Waals surface area contributed by atoms with Crippen molar-refractivity contribution in [2.24, 2.45) is 0 Å². The molecule has 2 aromatic carbocycles. The lowest BCUT2D eigenvalue weighted by Crippen LogP contribution is -2.15. The van der Waals surface area contributed by atoms with E-state index in [0.717, 1.165) is 10.1 Å². The third kappa shape index (κ3) is 6.02. The van der Waals surface area contributed by atoms with Crippen LogP contribution in [0.2, 0.25) is 10.0 Å². The standard InChI is InChI=1S/C17H10Cl2F3N3S.C5H10O2/c18-9-5-6-13-11(7-9)15(10-3-1-2-4-12(10)19)26-8-14-23-24-16(25(13)14)17(20,21)22;1-4(2)7-5(3)6/h1-7,15H,8H2;4H,1-3H3/t15-;/m1./s1. The fourth-order valence-electron chi connectivity index (χ4n) is 3.31. The van der Waals surface area contributed by atoms with Crippen molar-refractivity contribution in [1.29, 1.82) is 0 Å². The highest BCUT2D eigenvalue weighted by molar-refractivity contribution is 7.99. The van der Waals surface area contributed by atoms with Crippen LogP contribution in [-0.2, 0) is 21.5 Å². The number of rotatable bonds is 2. The predicted octanol–water partition coefficient (Wildman–Crippen LogP) is 6.89. The van der Waals surface area contributed by atoms with Crippen LogP contribution in [-0.4, -0.2) is 26.8 Å². The summed E-state index contributed by atoms with van der Waals surface area (Å²) in [5.74, 6) is -0.766. The highest BCUT2D eigenvalue weighted by atomic mass is 35.5. The molecule has 1 aliphatic rings. The average molecular weight is 518 g/mol. The Bertz CT molecular complexity index is 1150. The second-order valence-corrected chi connectivity index (χ2v) is 9.28. The van der Waals surface area contributed by atoms with Gasteiger partial charge in [-0.2, -0.15) is 13.2 Å². The van der Waals surface area contributed by atoms with Gasteiger partial charge in [0.1, 0.15) is 5.82 Å². The lowest BCUT2D eigenvalue weighted by molar-refractivity contribution is -0.146. The van der Waals surface area contributed by atoms with Gasteiger partial charge in [0.2, 0.25) is 5.82 Å². The van der Waals surface area contributed by atoms with Crippen LogP contribution in [0.15, 0.2) is 42.5 Å². The lowest BCUT2D eigenvalue weighted by atomic mass is 10.0. The maximum Gasteiger partial charge on any atom is 0.452 e. The van der Waals surface area contributed by atoms with Gasteiger partial charge in [-0.1, -0.05) is 41.4 Å². The number of hydrogen-bond donors (Lipinski definition) is 0. The Hall–Kier alpha value is -2.23. The van der Waals surface area contributed by atoms with Gasteiger partial charge in [0.25, 0.3) is 0 Å². The SMILES string of the molecule is CC(=O)OC(C)C.FC(F)(F)c1nnc2n1-c1ccc(Cl)cc1[C@@H](c1ccccc1Cl)SC2. The molecule has 0 saturated carbocycles. The van der Waals surface area contributed by atoms with Crippen LogP contribution in [0.3, 0.4) is 0 Å². The number of benzene rings is 2. The zero-order chi connectivity index (χ0) is 24.3. The van der Waals surface area contributed by atoms with Crippen molar-refractivity contribution < 1.29 is 22.7 Å². The number of ether oxygens (including phenoxy) is 1. The summed E-state index contributed by atoms with van der Waals surface area (Å²) in [6, 6.07) is 12.1. The number of aromatic nitrogens is 3. The number of halogens is 5.